The van der Waals surface area contributed by atoms with E-state index in [4.69, 9.17) is 10.8 Å². The van der Waals surface area contributed by atoms with Crippen LogP contribution in [0.2, 0.25) is 0 Å². The average molecular weight is 194 g/mol. The van der Waals surface area contributed by atoms with Crippen LogP contribution < -0.4 is 11.1 Å². The van der Waals surface area contributed by atoms with Crippen molar-refractivity contribution >= 4 is 0 Å². The summed E-state index contributed by atoms with van der Waals surface area (Å²) in [5.41, 5.74) is 7.16. The van der Waals surface area contributed by atoms with Crippen LogP contribution in [0.3, 0.4) is 0 Å². The van der Waals surface area contributed by atoms with Gasteiger partial charge in [-0.15, -0.1) is 0 Å². The standard InChI is InChI=1S/C11H18N2O/c12-11(9-13-6-7-14)8-10-4-2-1-3-5-10/h1-5,11,13-14H,6-9,12H2/t11-/m0/s1. The third-order valence-corrected chi connectivity index (χ3v) is 2.04. The fourth-order valence-corrected chi connectivity index (χ4v) is 1.36. The number of aliphatic hydroxyl groups is 1. The topological polar surface area (TPSA) is 58.3 Å². The summed E-state index contributed by atoms with van der Waals surface area (Å²) in [7, 11) is 0. The molecule has 1 rings (SSSR count). The Kier molecular flexibility index (Phi) is 5.22. The van der Waals surface area contributed by atoms with E-state index in [1.807, 2.05) is 18.2 Å². The average Bonchev–Trinajstić information content (AvgIpc) is 2.20. The van der Waals surface area contributed by atoms with Gasteiger partial charge in [-0.1, -0.05) is 30.3 Å². The summed E-state index contributed by atoms with van der Waals surface area (Å²) in [6, 6.07) is 10.3. The van der Waals surface area contributed by atoms with Crippen molar-refractivity contribution in [1.29, 1.82) is 0 Å². The van der Waals surface area contributed by atoms with Crippen LogP contribution in [0.15, 0.2) is 30.3 Å². The van der Waals surface area contributed by atoms with Crippen LogP contribution in [0.5, 0.6) is 0 Å². The van der Waals surface area contributed by atoms with Gasteiger partial charge in [-0.25, -0.2) is 0 Å². The first kappa shape index (κ1) is 11.2. The van der Waals surface area contributed by atoms with Crippen LogP contribution in [0.1, 0.15) is 5.56 Å². The highest BCUT2D eigenvalue weighted by molar-refractivity contribution is 5.15. The number of nitrogens with one attached hydrogen (secondary N) is 1. The molecule has 0 unspecified atom stereocenters. The van der Waals surface area contributed by atoms with Crippen LogP contribution >= 0.6 is 0 Å². The van der Waals surface area contributed by atoms with E-state index in [-0.39, 0.29) is 12.6 Å². The molecule has 14 heavy (non-hydrogen) atoms. The quantitative estimate of drug-likeness (QED) is 0.564. The van der Waals surface area contributed by atoms with E-state index in [9.17, 15) is 0 Å². The predicted molar refractivity (Wildman–Crippen MR) is 58.1 cm³/mol. The van der Waals surface area contributed by atoms with Gasteiger partial charge in [0.15, 0.2) is 0 Å². The lowest BCUT2D eigenvalue weighted by atomic mass is 10.1. The third kappa shape index (κ3) is 4.37. The van der Waals surface area contributed by atoms with Crippen molar-refractivity contribution in [2.24, 2.45) is 5.73 Å². The number of hydrogen-bond acceptors (Lipinski definition) is 3. The van der Waals surface area contributed by atoms with Crippen molar-refractivity contribution in [1.82, 2.24) is 5.32 Å². The molecule has 1 aromatic rings. The predicted octanol–water partition coefficient (Wildman–Crippen LogP) is 0.138. The molecule has 0 amide bonds. The lowest BCUT2D eigenvalue weighted by Crippen LogP contribution is -2.36. The molecule has 3 heteroatoms. The van der Waals surface area contributed by atoms with Crippen molar-refractivity contribution in [3.8, 4) is 0 Å². The second-order valence-electron chi connectivity index (χ2n) is 3.38. The van der Waals surface area contributed by atoms with E-state index in [0.29, 0.717) is 6.54 Å². The van der Waals surface area contributed by atoms with E-state index in [1.165, 1.54) is 5.56 Å². The molecule has 1 atom stereocenters. The molecule has 0 aliphatic rings. The van der Waals surface area contributed by atoms with Crippen molar-refractivity contribution in [3.63, 3.8) is 0 Å². The van der Waals surface area contributed by atoms with E-state index < -0.39 is 0 Å². The van der Waals surface area contributed by atoms with Gasteiger partial charge in [0.2, 0.25) is 0 Å². The molecule has 0 heterocycles. The number of aliphatic hydroxyl groups excluding tert-OH is 1. The van der Waals surface area contributed by atoms with E-state index >= 15 is 0 Å². The molecule has 0 spiro atoms. The summed E-state index contributed by atoms with van der Waals surface area (Å²) in [5, 5.41) is 11.6. The highest BCUT2D eigenvalue weighted by Crippen LogP contribution is 2.00. The van der Waals surface area contributed by atoms with Gasteiger partial charge in [-0.3, -0.25) is 0 Å². The Morgan fingerprint density at radius 2 is 2.00 bits per heavy atom. The molecule has 0 fully saturated rings. The Balaban J connectivity index is 2.23. The molecule has 3 nitrogen and oxygen atoms in total. The number of benzene rings is 1. The minimum absolute atomic E-state index is 0.115. The molecule has 0 bridgehead atoms. The third-order valence-electron chi connectivity index (χ3n) is 2.04. The van der Waals surface area contributed by atoms with Crippen LogP contribution in [-0.4, -0.2) is 30.8 Å². The molecule has 78 valence electrons. The van der Waals surface area contributed by atoms with Crippen LogP contribution in [0, 0.1) is 0 Å². The molecule has 0 saturated heterocycles. The summed E-state index contributed by atoms with van der Waals surface area (Å²) < 4.78 is 0. The van der Waals surface area contributed by atoms with E-state index in [2.05, 4.69) is 17.4 Å². The molecule has 1 aromatic carbocycles. The van der Waals surface area contributed by atoms with Gasteiger partial charge >= 0.3 is 0 Å². The van der Waals surface area contributed by atoms with Crippen molar-refractivity contribution in [2.45, 2.75) is 12.5 Å². The summed E-state index contributed by atoms with van der Waals surface area (Å²) in [6.07, 6.45) is 0.874. The SMILES string of the molecule is N[C@H](CNCCO)Cc1ccccc1. The molecular formula is C11H18N2O. The molecule has 4 N–H and O–H groups in total. The normalized spacial score (nSPS) is 12.7. The number of rotatable bonds is 6. The first-order chi connectivity index (χ1) is 6.83. The fraction of sp³-hybridized carbons (Fsp3) is 0.455. The first-order valence-corrected chi connectivity index (χ1v) is 4.94. The van der Waals surface area contributed by atoms with Gasteiger partial charge < -0.3 is 16.2 Å². The maximum absolute atomic E-state index is 8.57. The minimum Gasteiger partial charge on any atom is -0.395 e. The maximum Gasteiger partial charge on any atom is 0.0555 e. The molecule has 0 radical (unpaired) electrons. The van der Waals surface area contributed by atoms with Gasteiger partial charge in [0.05, 0.1) is 6.61 Å². The zero-order valence-corrected chi connectivity index (χ0v) is 8.32. The Morgan fingerprint density at radius 3 is 2.64 bits per heavy atom. The summed E-state index contributed by atoms with van der Waals surface area (Å²) in [6.45, 7) is 1.52. The van der Waals surface area contributed by atoms with Gasteiger partial charge in [0, 0.05) is 19.1 Å². The number of nitrogens with two attached hydrogens (primary N) is 1. The molecule has 0 saturated carbocycles. The largest absolute Gasteiger partial charge is 0.395 e. The Morgan fingerprint density at radius 1 is 1.29 bits per heavy atom. The van der Waals surface area contributed by atoms with Crippen LogP contribution in [-0.2, 0) is 6.42 Å². The van der Waals surface area contributed by atoms with E-state index in [1.54, 1.807) is 0 Å². The van der Waals surface area contributed by atoms with Crippen molar-refractivity contribution in [2.75, 3.05) is 19.7 Å². The first-order valence-electron chi connectivity index (χ1n) is 4.94. The van der Waals surface area contributed by atoms with Gasteiger partial charge in [-0.2, -0.15) is 0 Å². The number of hydrogen-bond donors (Lipinski definition) is 3. The van der Waals surface area contributed by atoms with Gasteiger partial charge in [0.1, 0.15) is 0 Å². The molecular weight excluding hydrogens is 176 g/mol. The Labute approximate surface area is 84.9 Å². The zero-order valence-electron chi connectivity index (χ0n) is 8.32. The van der Waals surface area contributed by atoms with Gasteiger partial charge in [-0.05, 0) is 12.0 Å². The van der Waals surface area contributed by atoms with Gasteiger partial charge in [0.25, 0.3) is 0 Å². The smallest absolute Gasteiger partial charge is 0.0555 e. The Bertz CT molecular complexity index is 238. The second-order valence-corrected chi connectivity index (χ2v) is 3.38. The monoisotopic (exact) mass is 194 g/mol. The highest BCUT2D eigenvalue weighted by atomic mass is 16.3. The fourth-order valence-electron chi connectivity index (χ4n) is 1.36. The Hall–Kier alpha value is -0.900. The lowest BCUT2D eigenvalue weighted by molar-refractivity contribution is 0.291. The molecule has 0 aromatic heterocycles. The molecule has 0 aliphatic carbocycles. The summed E-state index contributed by atoms with van der Waals surface area (Å²) in [5.74, 6) is 0. The summed E-state index contributed by atoms with van der Waals surface area (Å²) >= 11 is 0. The summed E-state index contributed by atoms with van der Waals surface area (Å²) in [4.78, 5) is 0. The second kappa shape index (κ2) is 6.54. The molecule has 0 aliphatic heterocycles. The van der Waals surface area contributed by atoms with Crippen molar-refractivity contribution < 1.29 is 5.11 Å². The maximum atomic E-state index is 8.57. The van der Waals surface area contributed by atoms with Crippen molar-refractivity contribution in [3.05, 3.63) is 35.9 Å². The highest BCUT2D eigenvalue weighted by Gasteiger charge is 2.02. The van der Waals surface area contributed by atoms with E-state index in [0.717, 1.165) is 13.0 Å². The lowest BCUT2D eigenvalue weighted by Gasteiger charge is -2.11. The zero-order chi connectivity index (χ0) is 10.2. The minimum atomic E-state index is 0.115. The van der Waals surface area contributed by atoms with Crippen LogP contribution in [0.25, 0.3) is 0 Å². The van der Waals surface area contributed by atoms with Crippen LogP contribution in [0.4, 0.5) is 0 Å².